The second kappa shape index (κ2) is 9.55. The summed E-state index contributed by atoms with van der Waals surface area (Å²) in [6.07, 6.45) is -0.892. The van der Waals surface area contributed by atoms with Crippen LogP contribution in [0.4, 0.5) is 30.9 Å². The van der Waals surface area contributed by atoms with Gasteiger partial charge in [-0.25, -0.2) is 4.98 Å². The molecule has 2 aliphatic rings. The van der Waals surface area contributed by atoms with Crippen molar-refractivity contribution < 1.29 is 17.9 Å². The lowest BCUT2D eigenvalue weighted by Crippen LogP contribution is -2.48. The Balaban J connectivity index is 1.42. The quantitative estimate of drug-likeness (QED) is 0.539. The number of benzene rings is 1. The van der Waals surface area contributed by atoms with E-state index in [0.29, 0.717) is 49.6 Å². The molecule has 0 radical (unpaired) electrons. The molecular weight excluding hydrogens is 459 g/mol. The SMILES string of the molecule is COc1cccc(-c2nc(N3CCCC3)nc(N3CCN(c4ncccc4C(F)(F)F)CC3)n2)c1. The lowest BCUT2D eigenvalue weighted by Gasteiger charge is -2.36. The number of alkyl halides is 3. The van der Waals surface area contributed by atoms with Crippen molar-refractivity contribution in [2.45, 2.75) is 19.0 Å². The fourth-order valence-electron chi connectivity index (χ4n) is 4.43. The van der Waals surface area contributed by atoms with Gasteiger partial charge >= 0.3 is 6.18 Å². The van der Waals surface area contributed by atoms with Gasteiger partial charge in [-0.2, -0.15) is 28.1 Å². The molecular formula is C24H26F3N7O. The van der Waals surface area contributed by atoms with Gasteiger partial charge < -0.3 is 19.4 Å². The molecule has 5 rings (SSSR count). The van der Waals surface area contributed by atoms with Crippen LogP contribution in [0, 0.1) is 0 Å². The van der Waals surface area contributed by atoms with Gasteiger partial charge in [-0.1, -0.05) is 12.1 Å². The minimum Gasteiger partial charge on any atom is -0.497 e. The normalized spacial score (nSPS) is 16.6. The molecule has 8 nitrogen and oxygen atoms in total. The van der Waals surface area contributed by atoms with E-state index in [1.807, 2.05) is 29.2 Å². The highest BCUT2D eigenvalue weighted by molar-refractivity contribution is 5.61. The summed E-state index contributed by atoms with van der Waals surface area (Å²) in [4.78, 5) is 24.1. The highest BCUT2D eigenvalue weighted by atomic mass is 19.4. The maximum Gasteiger partial charge on any atom is 0.419 e. The maximum absolute atomic E-state index is 13.5. The molecule has 2 fully saturated rings. The van der Waals surface area contributed by atoms with E-state index in [4.69, 9.17) is 19.7 Å². The summed E-state index contributed by atoms with van der Waals surface area (Å²) in [6, 6.07) is 9.93. The van der Waals surface area contributed by atoms with Crippen molar-refractivity contribution in [3.05, 3.63) is 48.2 Å². The van der Waals surface area contributed by atoms with Gasteiger partial charge in [-0.05, 0) is 37.1 Å². The van der Waals surface area contributed by atoms with E-state index >= 15 is 0 Å². The average molecular weight is 486 g/mol. The van der Waals surface area contributed by atoms with Gasteiger partial charge in [-0.3, -0.25) is 0 Å². The molecule has 1 aromatic carbocycles. The lowest BCUT2D eigenvalue weighted by atomic mass is 10.2. The van der Waals surface area contributed by atoms with E-state index in [9.17, 15) is 13.2 Å². The van der Waals surface area contributed by atoms with Crippen LogP contribution in [0.3, 0.4) is 0 Å². The van der Waals surface area contributed by atoms with Crippen LogP contribution in [0.1, 0.15) is 18.4 Å². The number of nitrogens with zero attached hydrogens (tertiary/aromatic N) is 7. The number of methoxy groups -OCH3 is 1. The van der Waals surface area contributed by atoms with E-state index in [1.165, 1.54) is 12.3 Å². The number of rotatable bonds is 5. The third kappa shape index (κ3) is 4.94. The van der Waals surface area contributed by atoms with Crippen molar-refractivity contribution in [3.8, 4) is 17.1 Å². The summed E-state index contributed by atoms with van der Waals surface area (Å²) in [6.45, 7) is 3.45. The Hall–Kier alpha value is -3.63. The Morgan fingerprint density at radius 3 is 2.11 bits per heavy atom. The van der Waals surface area contributed by atoms with E-state index in [-0.39, 0.29) is 5.82 Å². The number of aromatic nitrogens is 4. The molecule has 3 aromatic rings. The van der Waals surface area contributed by atoms with Gasteiger partial charge in [0.1, 0.15) is 11.6 Å². The van der Waals surface area contributed by atoms with Crippen LogP contribution in [-0.4, -0.2) is 66.3 Å². The first-order valence-electron chi connectivity index (χ1n) is 11.6. The van der Waals surface area contributed by atoms with Crippen LogP contribution in [0.5, 0.6) is 5.75 Å². The number of halogens is 3. The first-order valence-corrected chi connectivity index (χ1v) is 11.6. The van der Waals surface area contributed by atoms with E-state index in [1.54, 1.807) is 12.0 Å². The average Bonchev–Trinajstić information content (AvgIpc) is 3.43. The number of hydrogen-bond donors (Lipinski definition) is 0. The topological polar surface area (TPSA) is 70.5 Å². The largest absolute Gasteiger partial charge is 0.497 e. The number of pyridine rings is 1. The van der Waals surface area contributed by atoms with Crippen LogP contribution in [0.2, 0.25) is 0 Å². The highest BCUT2D eigenvalue weighted by Crippen LogP contribution is 2.35. The molecule has 11 heteroatoms. The molecule has 0 amide bonds. The first kappa shape index (κ1) is 23.1. The van der Waals surface area contributed by atoms with Crippen LogP contribution in [-0.2, 0) is 6.18 Å². The molecule has 0 atom stereocenters. The van der Waals surface area contributed by atoms with Crippen LogP contribution in [0.15, 0.2) is 42.6 Å². The summed E-state index contributed by atoms with van der Waals surface area (Å²) in [5, 5.41) is 0. The monoisotopic (exact) mass is 485 g/mol. The number of anilines is 3. The molecule has 184 valence electrons. The minimum atomic E-state index is -4.45. The third-order valence-electron chi connectivity index (χ3n) is 6.28. The minimum absolute atomic E-state index is 0.0369. The van der Waals surface area contributed by atoms with Gasteiger partial charge in [0.05, 0.1) is 12.7 Å². The second-order valence-corrected chi connectivity index (χ2v) is 8.53. The van der Waals surface area contributed by atoms with Crippen LogP contribution in [0.25, 0.3) is 11.4 Å². The lowest BCUT2D eigenvalue weighted by molar-refractivity contribution is -0.137. The Kier molecular flexibility index (Phi) is 6.31. The number of ether oxygens (including phenoxy) is 1. The summed E-state index contributed by atoms with van der Waals surface area (Å²) in [5.74, 6) is 2.36. The predicted molar refractivity (Wildman–Crippen MR) is 127 cm³/mol. The molecule has 0 spiro atoms. The van der Waals surface area contributed by atoms with Gasteiger partial charge in [0, 0.05) is 51.0 Å². The fraction of sp³-hybridized carbons (Fsp3) is 0.417. The van der Waals surface area contributed by atoms with Crippen molar-refractivity contribution in [3.63, 3.8) is 0 Å². The molecule has 0 saturated carbocycles. The summed E-state index contributed by atoms with van der Waals surface area (Å²) < 4.78 is 45.8. The summed E-state index contributed by atoms with van der Waals surface area (Å²) in [7, 11) is 1.61. The molecule has 0 N–H and O–H groups in total. The van der Waals surface area contributed by atoms with Crippen molar-refractivity contribution in [1.82, 2.24) is 19.9 Å². The third-order valence-corrected chi connectivity index (χ3v) is 6.28. The first-order chi connectivity index (χ1) is 16.9. The molecule has 2 saturated heterocycles. The maximum atomic E-state index is 13.5. The molecule has 0 aliphatic carbocycles. The Morgan fingerprint density at radius 2 is 1.46 bits per heavy atom. The molecule has 4 heterocycles. The van der Waals surface area contributed by atoms with Crippen LogP contribution >= 0.6 is 0 Å². The Morgan fingerprint density at radius 1 is 0.800 bits per heavy atom. The summed E-state index contributed by atoms with van der Waals surface area (Å²) >= 11 is 0. The molecule has 2 aromatic heterocycles. The van der Waals surface area contributed by atoms with Crippen molar-refractivity contribution in [2.24, 2.45) is 0 Å². The van der Waals surface area contributed by atoms with Crippen LogP contribution < -0.4 is 19.4 Å². The fourth-order valence-corrected chi connectivity index (χ4v) is 4.43. The van der Waals surface area contributed by atoms with Gasteiger partial charge in [0.25, 0.3) is 0 Å². The second-order valence-electron chi connectivity index (χ2n) is 8.53. The van der Waals surface area contributed by atoms with Gasteiger partial charge in [0.15, 0.2) is 5.82 Å². The van der Waals surface area contributed by atoms with Crippen molar-refractivity contribution in [2.75, 3.05) is 61.1 Å². The van der Waals surface area contributed by atoms with E-state index in [0.717, 1.165) is 37.6 Å². The summed E-state index contributed by atoms with van der Waals surface area (Å²) in [5.41, 5.74) is 0.0978. The van der Waals surface area contributed by atoms with Crippen molar-refractivity contribution >= 4 is 17.7 Å². The predicted octanol–water partition coefficient (Wildman–Crippen LogP) is 3.89. The number of piperazine rings is 1. The van der Waals surface area contributed by atoms with Gasteiger partial charge in [0.2, 0.25) is 11.9 Å². The standard InChI is InChI=1S/C24H26F3N7O/c1-35-18-7-4-6-17(16-18)20-29-22(33-10-2-3-11-33)31-23(30-20)34-14-12-32(13-15-34)21-19(24(25,26)27)8-5-9-28-21/h4-9,16H,2-3,10-15H2,1H3. The van der Waals surface area contributed by atoms with Gasteiger partial charge in [-0.15, -0.1) is 0 Å². The Bertz CT molecular complexity index is 1180. The molecule has 0 unspecified atom stereocenters. The molecule has 35 heavy (non-hydrogen) atoms. The molecule has 0 bridgehead atoms. The van der Waals surface area contributed by atoms with E-state index in [2.05, 4.69) is 9.88 Å². The zero-order valence-corrected chi connectivity index (χ0v) is 19.4. The van der Waals surface area contributed by atoms with Crippen molar-refractivity contribution in [1.29, 1.82) is 0 Å². The highest BCUT2D eigenvalue weighted by Gasteiger charge is 2.36. The molecule has 2 aliphatic heterocycles. The Labute approximate surface area is 201 Å². The zero-order valence-electron chi connectivity index (χ0n) is 19.4. The number of hydrogen-bond acceptors (Lipinski definition) is 8. The van der Waals surface area contributed by atoms with E-state index < -0.39 is 11.7 Å². The smallest absolute Gasteiger partial charge is 0.419 e. The zero-order chi connectivity index (χ0) is 24.4.